The molecule has 0 aliphatic carbocycles. The van der Waals surface area contributed by atoms with Crippen molar-refractivity contribution in [2.45, 2.75) is 69.5 Å². The van der Waals surface area contributed by atoms with E-state index in [1.807, 2.05) is 0 Å². The first kappa shape index (κ1) is 31.6. The molecule has 7 rings (SSSR count). The van der Waals surface area contributed by atoms with E-state index in [4.69, 9.17) is 0 Å². The summed E-state index contributed by atoms with van der Waals surface area (Å²) in [6, 6.07) is 55.3. The Morgan fingerprint density at radius 3 is 1.68 bits per heavy atom. The van der Waals surface area contributed by atoms with E-state index in [2.05, 4.69) is 169 Å². The van der Waals surface area contributed by atoms with E-state index >= 15 is 0 Å². The quantitative estimate of drug-likeness (QED) is 0.152. The van der Waals surface area contributed by atoms with Crippen molar-refractivity contribution in [1.29, 1.82) is 0 Å². The zero-order valence-electron chi connectivity index (χ0n) is 28.2. The third-order valence-corrected chi connectivity index (χ3v) is 11.3. The van der Waals surface area contributed by atoms with Gasteiger partial charge >= 0.3 is 0 Å². The smallest absolute Gasteiger partial charge is 0.0975 e. The van der Waals surface area contributed by atoms with Crippen molar-refractivity contribution in [3.05, 3.63) is 179 Å². The predicted octanol–water partition coefficient (Wildman–Crippen LogP) is 9.88. The minimum atomic E-state index is -0.397. The maximum atomic E-state index is 2.93. The Morgan fingerprint density at radius 1 is 0.617 bits per heavy atom. The van der Waals surface area contributed by atoms with Crippen LogP contribution in [0.4, 0.5) is 0 Å². The fraction of sp³-hybridized carbons (Fsp3) is 0.333. The molecule has 0 N–H and O–H groups in total. The Hall–Kier alpha value is -3.98. The van der Waals surface area contributed by atoms with Crippen molar-refractivity contribution in [3.63, 3.8) is 0 Å². The predicted molar refractivity (Wildman–Crippen MR) is 197 cm³/mol. The summed E-state index contributed by atoms with van der Waals surface area (Å²) in [6.45, 7) is 8.17. The van der Waals surface area contributed by atoms with Crippen LogP contribution >= 0.6 is 0 Å². The van der Waals surface area contributed by atoms with E-state index in [0.717, 1.165) is 25.3 Å². The number of benzene rings is 5. The van der Waals surface area contributed by atoms with Crippen LogP contribution in [-0.4, -0.2) is 41.5 Å². The zero-order valence-corrected chi connectivity index (χ0v) is 28.2. The molecule has 47 heavy (non-hydrogen) atoms. The first-order valence-electron chi connectivity index (χ1n) is 17.9. The Labute approximate surface area is 283 Å². The van der Waals surface area contributed by atoms with Gasteiger partial charge in [0.2, 0.25) is 0 Å². The van der Waals surface area contributed by atoms with Gasteiger partial charge in [-0.2, -0.15) is 0 Å². The average molecular weight is 619 g/mol. The first-order chi connectivity index (χ1) is 23.1. The molecule has 0 saturated carbocycles. The number of hydrogen-bond acceptors (Lipinski definition) is 2. The number of piperidine rings is 2. The second-order valence-corrected chi connectivity index (χ2v) is 14.1. The molecule has 0 spiro atoms. The summed E-state index contributed by atoms with van der Waals surface area (Å²) in [6.07, 6.45) is 6.05. The molecule has 0 bridgehead atoms. The maximum Gasteiger partial charge on any atom is 0.0975 e. The summed E-state index contributed by atoms with van der Waals surface area (Å²) in [4.78, 5) is 5.77. The molecule has 2 heteroatoms. The van der Waals surface area contributed by atoms with Crippen LogP contribution in [0.1, 0.15) is 71.9 Å². The molecule has 5 aromatic carbocycles. The van der Waals surface area contributed by atoms with Gasteiger partial charge in [0.05, 0.1) is 5.54 Å². The molecule has 2 aliphatic heterocycles. The summed E-state index contributed by atoms with van der Waals surface area (Å²) >= 11 is 0. The normalized spacial score (nSPS) is 20.6. The minimum absolute atomic E-state index is 0.376. The van der Waals surface area contributed by atoms with Crippen molar-refractivity contribution in [2.24, 2.45) is 5.92 Å². The molecule has 5 aromatic rings. The molecular formula is C45H50N2. The third-order valence-electron chi connectivity index (χ3n) is 11.3. The highest BCUT2D eigenvalue weighted by Gasteiger charge is 2.49. The lowest BCUT2D eigenvalue weighted by molar-refractivity contribution is -0.00561. The van der Waals surface area contributed by atoms with E-state index in [9.17, 15) is 0 Å². The highest BCUT2D eigenvalue weighted by molar-refractivity contribution is 5.50. The van der Waals surface area contributed by atoms with Crippen LogP contribution in [0.3, 0.4) is 0 Å². The topological polar surface area (TPSA) is 6.48 Å². The van der Waals surface area contributed by atoms with Gasteiger partial charge in [0.25, 0.3) is 0 Å². The number of rotatable bonds is 9. The fourth-order valence-corrected chi connectivity index (χ4v) is 8.89. The standard InChI is InChI=1S/C45H50N2/c1-35-16-15-19-39(32-35)40-28-31-47(44(34-40)36(2)46-29-26-38(27-30-46)33-37-17-7-3-8-18-37)45(41-20-9-4-10-21-41,42-22-11-5-12-23-42)43-24-13-6-14-25-43/h3-25,32,36,38,40,44H,26-31,33-34H2,1-2H3. The zero-order chi connectivity index (χ0) is 32.1. The van der Waals surface area contributed by atoms with E-state index in [-0.39, 0.29) is 0 Å². The molecule has 3 atom stereocenters. The maximum absolute atomic E-state index is 2.93. The molecule has 0 aromatic heterocycles. The second kappa shape index (κ2) is 14.4. The van der Waals surface area contributed by atoms with Crippen LogP contribution in [0.15, 0.2) is 146 Å². The van der Waals surface area contributed by atoms with E-state index in [1.54, 1.807) is 0 Å². The lowest BCUT2D eigenvalue weighted by Gasteiger charge is -2.55. The molecule has 2 nitrogen and oxygen atoms in total. The Balaban J connectivity index is 1.29. The molecule has 2 aliphatic rings. The largest absolute Gasteiger partial charge is 0.299 e. The molecule has 0 amide bonds. The Morgan fingerprint density at radius 2 is 1.15 bits per heavy atom. The van der Waals surface area contributed by atoms with Gasteiger partial charge < -0.3 is 0 Å². The van der Waals surface area contributed by atoms with Crippen molar-refractivity contribution in [2.75, 3.05) is 19.6 Å². The summed E-state index contributed by atoms with van der Waals surface area (Å²) in [5, 5.41) is 0. The lowest BCUT2D eigenvalue weighted by atomic mass is 9.71. The van der Waals surface area contributed by atoms with Crippen LogP contribution in [0.5, 0.6) is 0 Å². The van der Waals surface area contributed by atoms with Gasteiger partial charge in [-0.1, -0.05) is 151 Å². The minimum Gasteiger partial charge on any atom is -0.299 e. The summed E-state index contributed by atoms with van der Waals surface area (Å²) in [5.74, 6) is 1.31. The highest BCUT2D eigenvalue weighted by Crippen LogP contribution is 2.48. The van der Waals surface area contributed by atoms with Crippen LogP contribution in [0, 0.1) is 12.8 Å². The van der Waals surface area contributed by atoms with E-state index in [0.29, 0.717) is 18.0 Å². The van der Waals surface area contributed by atoms with Gasteiger partial charge in [-0.25, -0.2) is 0 Å². The SMILES string of the molecule is Cc1cccc(C2CCN(C(c3ccccc3)(c3ccccc3)c3ccccc3)C(C(C)N3CCC(Cc4ccccc4)CC3)C2)c1. The molecule has 2 fully saturated rings. The average Bonchev–Trinajstić information content (AvgIpc) is 3.14. The summed E-state index contributed by atoms with van der Waals surface area (Å²) < 4.78 is 0. The molecule has 2 heterocycles. The number of hydrogen-bond donors (Lipinski definition) is 0. The van der Waals surface area contributed by atoms with Crippen molar-refractivity contribution >= 4 is 0 Å². The Kier molecular flexibility index (Phi) is 9.70. The second-order valence-electron chi connectivity index (χ2n) is 14.1. The van der Waals surface area contributed by atoms with Gasteiger partial charge in [0.15, 0.2) is 0 Å². The summed E-state index contributed by atoms with van der Waals surface area (Å²) in [7, 11) is 0. The van der Waals surface area contributed by atoms with Crippen LogP contribution < -0.4 is 0 Å². The van der Waals surface area contributed by atoms with Gasteiger partial charge in [0, 0.05) is 18.6 Å². The first-order valence-corrected chi connectivity index (χ1v) is 17.9. The lowest BCUT2D eigenvalue weighted by Crippen LogP contribution is -2.62. The van der Waals surface area contributed by atoms with Crippen LogP contribution in [0.2, 0.25) is 0 Å². The van der Waals surface area contributed by atoms with E-state index in [1.165, 1.54) is 65.7 Å². The van der Waals surface area contributed by atoms with Gasteiger partial charge in [-0.15, -0.1) is 0 Å². The molecule has 3 unspecified atom stereocenters. The number of likely N-dealkylation sites (tertiary alicyclic amines) is 2. The number of aryl methyl sites for hydroxylation is 1. The van der Waals surface area contributed by atoms with Crippen LogP contribution in [0.25, 0.3) is 0 Å². The molecule has 2 saturated heterocycles. The van der Waals surface area contributed by atoms with Crippen molar-refractivity contribution in [3.8, 4) is 0 Å². The molecule has 240 valence electrons. The van der Waals surface area contributed by atoms with Crippen LogP contribution in [-0.2, 0) is 12.0 Å². The summed E-state index contributed by atoms with van der Waals surface area (Å²) in [5.41, 5.74) is 8.01. The molecular weight excluding hydrogens is 569 g/mol. The Bertz CT molecular complexity index is 1580. The van der Waals surface area contributed by atoms with E-state index < -0.39 is 5.54 Å². The number of nitrogens with zero attached hydrogens (tertiary/aromatic N) is 2. The molecule has 0 radical (unpaired) electrons. The van der Waals surface area contributed by atoms with Gasteiger partial charge in [0.1, 0.15) is 0 Å². The third kappa shape index (κ3) is 6.59. The van der Waals surface area contributed by atoms with Crippen molar-refractivity contribution in [1.82, 2.24) is 9.80 Å². The van der Waals surface area contributed by atoms with Crippen molar-refractivity contribution < 1.29 is 0 Å². The monoisotopic (exact) mass is 618 g/mol. The van der Waals surface area contributed by atoms with Gasteiger partial charge in [-0.3, -0.25) is 9.80 Å². The highest BCUT2D eigenvalue weighted by atomic mass is 15.3. The van der Waals surface area contributed by atoms with Gasteiger partial charge in [-0.05, 0) is 98.7 Å². The fourth-order valence-electron chi connectivity index (χ4n) is 8.89.